The number of carbonyl (C=O) groups excluding carboxylic acids is 2. The lowest BCUT2D eigenvalue weighted by Crippen LogP contribution is -2.54. The number of amides is 2. The minimum atomic E-state index is -0.570. The van der Waals surface area contributed by atoms with Gasteiger partial charge in [0.2, 0.25) is 5.75 Å². The van der Waals surface area contributed by atoms with Crippen LogP contribution in [0.25, 0.3) is 6.08 Å². The van der Waals surface area contributed by atoms with Crippen molar-refractivity contribution in [2.75, 3.05) is 26.2 Å². The second-order valence-corrected chi connectivity index (χ2v) is 7.09. The first-order chi connectivity index (χ1) is 14.3. The molecule has 0 bridgehead atoms. The van der Waals surface area contributed by atoms with E-state index in [9.17, 15) is 9.59 Å². The number of rotatable bonds is 5. The third-order valence-corrected chi connectivity index (χ3v) is 4.98. The number of nitrogens with zero attached hydrogens (tertiary/aromatic N) is 1. The fourth-order valence-electron chi connectivity index (χ4n) is 3.28. The van der Waals surface area contributed by atoms with Gasteiger partial charge < -0.3 is 14.2 Å². The average Bonchev–Trinajstić information content (AvgIpc) is 2.71. The first-order valence-corrected chi connectivity index (χ1v) is 9.50. The Morgan fingerprint density at radius 2 is 1.60 bits per heavy atom. The molecule has 0 radical (unpaired) electrons. The molecule has 3 rings (SSSR count). The van der Waals surface area contributed by atoms with E-state index in [1.54, 1.807) is 12.1 Å². The molecular weight excluding hydrogens is 404 g/mol. The van der Waals surface area contributed by atoms with Crippen molar-refractivity contribution < 1.29 is 23.8 Å². The fraction of sp³-hybridized carbons (Fsp3) is 0.227. The average molecular weight is 426 g/mol. The standard InChI is InChI=1S/C22H22N2O5S/c1-12-6-7-16(13(2)8-12)24-21(26)15(20(25)23-22(24)30)9-14-10-17(27-3)19(29-5)18(11-14)28-4/h6-11H,1-5H3,(H,23,25,30)/b15-9+. The van der Waals surface area contributed by atoms with Crippen LogP contribution in [-0.2, 0) is 9.59 Å². The SMILES string of the molecule is COc1cc(/C=C2\C(=O)NC(=S)N(c3ccc(C)cc3C)C2=O)cc(OC)c1OC. The molecule has 0 aliphatic carbocycles. The highest BCUT2D eigenvalue weighted by atomic mass is 32.1. The van der Waals surface area contributed by atoms with Crippen LogP contribution in [0.4, 0.5) is 5.69 Å². The van der Waals surface area contributed by atoms with Gasteiger partial charge in [0.25, 0.3) is 11.8 Å². The number of nitrogens with one attached hydrogen (secondary N) is 1. The lowest BCUT2D eigenvalue weighted by molar-refractivity contribution is -0.122. The number of anilines is 1. The first-order valence-electron chi connectivity index (χ1n) is 9.09. The minimum absolute atomic E-state index is 0.0407. The zero-order chi connectivity index (χ0) is 22.0. The van der Waals surface area contributed by atoms with E-state index in [1.165, 1.54) is 32.3 Å². The molecule has 2 aromatic rings. The quantitative estimate of drug-likeness (QED) is 0.450. The van der Waals surface area contributed by atoms with Crippen LogP contribution in [0.1, 0.15) is 16.7 Å². The van der Waals surface area contributed by atoms with Gasteiger partial charge in [-0.15, -0.1) is 0 Å². The maximum Gasteiger partial charge on any atom is 0.270 e. The molecule has 1 aliphatic heterocycles. The van der Waals surface area contributed by atoms with Crippen molar-refractivity contribution in [2.45, 2.75) is 13.8 Å². The Morgan fingerprint density at radius 3 is 2.13 bits per heavy atom. The largest absolute Gasteiger partial charge is 0.493 e. The first kappa shape index (κ1) is 21.3. The molecule has 156 valence electrons. The Balaban J connectivity index is 2.09. The molecule has 1 saturated heterocycles. The van der Waals surface area contributed by atoms with E-state index in [1.807, 2.05) is 32.0 Å². The number of aryl methyl sites for hydroxylation is 2. The summed E-state index contributed by atoms with van der Waals surface area (Å²) >= 11 is 5.27. The Bertz CT molecular complexity index is 1050. The Morgan fingerprint density at radius 1 is 0.967 bits per heavy atom. The highest BCUT2D eigenvalue weighted by Crippen LogP contribution is 2.39. The molecule has 0 atom stereocenters. The lowest BCUT2D eigenvalue weighted by Gasteiger charge is -2.30. The highest BCUT2D eigenvalue weighted by molar-refractivity contribution is 7.80. The summed E-state index contributed by atoms with van der Waals surface area (Å²) in [6, 6.07) is 8.96. The maximum absolute atomic E-state index is 13.2. The fourth-order valence-corrected chi connectivity index (χ4v) is 3.56. The van der Waals surface area contributed by atoms with Gasteiger partial charge in [0.05, 0.1) is 27.0 Å². The predicted molar refractivity (Wildman–Crippen MR) is 118 cm³/mol. The molecule has 1 N–H and O–H groups in total. The van der Waals surface area contributed by atoms with Crippen molar-refractivity contribution in [3.8, 4) is 17.2 Å². The van der Waals surface area contributed by atoms with Crippen LogP contribution in [0.5, 0.6) is 17.2 Å². The molecule has 1 aliphatic rings. The van der Waals surface area contributed by atoms with Crippen molar-refractivity contribution in [1.82, 2.24) is 5.32 Å². The Labute approximate surface area is 180 Å². The maximum atomic E-state index is 13.2. The molecular formula is C22H22N2O5S. The van der Waals surface area contributed by atoms with Gasteiger partial charge in [-0.25, -0.2) is 0 Å². The van der Waals surface area contributed by atoms with Gasteiger partial charge in [-0.3, -0.25) is 19.8 Å². The van der Waals surface area contributed by atoms with Gasteiger partial charge in [0.15, 0.2) is 16.6 Å². The number of carbonyl (C=O) groups is 2. The van der Waals surface area contributed by atoms with Crippen molar-refractivity contribution in [1.29, 1.82) is 0 Å². The van der Waals surface area contributed by atoms with Crippen LogP contribution in [-0.4, -0.2) is 38.3 Å². The smallest absolute Gasteiger partial charge is 0.270 e. The summed E-state index contributed by atoms with van der Waals surface area (Å²) in [7, 11) is 4.49. The summed E-state index contributed by atoms with van der Waals surface area (Å²) < 4.78 is 16.0. The summed E-state index contributed by atoms with van der Waals surface area (Å²) in [5.41, 5.74) is 3.03. The van der Waals surface area contributed by atoms with Gasteiger partial charge in [-0.05, 0) is 61.5 Å². The third-order valence-electron chi connectivity index (χ3n) is 4.69. The van der Waals surface area contributed by atoms with Crippen LogP contribution in [0.2, 0.25) is 0 Å². The van der Waals surface area contributed by atoms with Crippen molar-refractivity contribution in [2.24, 2.45) is 0 Å². The van der Waals surface area contributed by atoms with Crippen LogP contribution in [0.3, 0.4) is 0 Å². The third kappa shape index (κ3) is 3.86. The van der Waals surface area contributed by atoms with E-state index in [0.29, 0.717) is 28.5 Å². The van der Waals surface area contributed by atoms with E-state index < -0.39 is 11.8 Å². The molecule has 2 aromatic carbocycles. The van der Waals surface area contributed by atoms with Crippen molar-refractivity contribution >= 4 is 40.9 Å². The summed E-state index contributed by atoms with van der Waals surface area (Å²) in [5, 5.41) is 2.63. The van der Waals surface area contributed by atoms with Crippen molar-refractivity contribution in [3.63, 3.8) is 0 Å². The summed E-state index contributed by atoms with van der Waals surface area (Å²) in [5.74, 6) is 0.159. The number of hydrogen-bond acceptors (Lipinski definition) is 6. The summed E-state index contributed by atoms with van der Waals surface area (Å²) in [6.07, 6.45) is 1.47. The summed E-state index contributed by atoms with van der Waals surface area (Å²) in [6.45, 7) is 3.85. The minimum Gasteiger partial charge on any atom is -0.493 e. The van der Waals surface area contributed by atoms with Crippen molar-refractivity contribution in [3.05, 3.63) is 52.6 Å². The van der Waals surface area contributed by atoms with Gasteiger partial charge in [0.1, 0.15) is 5.57 Å². The number of ether oxygens (including phenoxy) is 3. The van der Waals surface area contributed by atoms with Crippen LogP contribution < -0.4 is 24.4 Å². The van der Waals surface area contributed by atoms with E-state index >= 15 is 0 Å². The molecule has 0 saturated carbocycles. The van der Waals surface area contributed by atoms with Gasteiger partial charge >= 0.3 is 0 Å². The number of benzene rings is 2. The lowest BCUT2D eigenvalue weighted by atomic mass is 10.0. The second kappa shape index (κ2) is 8.54. The van der Waals surface area contributed by atoms with Crippen LogP contribution in [0.15, 0.2) is 35.9 Å². The molecule has 0 unspecified atom stereocenters. The Kier molecular flexibility index (Phi) is 6.07. The number of hydrogen-bond donors (Lipinski definition) is 1. The topological polar surface area (TPSA) is 77.1 Å². The van der Waals surface area contributed by atoms with Gasteiger partial charge in [-0.2, -0.15) is 0 Å². The zero-order valence-corrected chi connectivity index (χ0v) is 18.2. The van der Waals surface area contributed by atoms with E-state index in [4.69, 9.17) is 26.4 Å². The van der Waals surface area contributed by atoms with Crippen LogP contribution in [0, 0.1) is 13.8 Å². The van der Waals surface area contributed by atoms with E-state index in [2.05, 4.69) is 5.32 Å². The number of methoxy groups -OCH3 is 3. The molecule has 1 fully saturated rings. The second-order valence-electron chi connectivity index (χ2n) is 6.71. The van der Waals surface area contributed by atoms with E-state index in [0.717, 1.165) is 11.1 Å². The highest BCUT2D eigenvalue weighted by Gasteiger charge is 2.35. The molecule has 0 spiro atoms. The zero-order valence-electron chi connectivity index (χ0n) is 17.4. The van der Waals surface area contributed by atoms with Gasteiger partial charge in [-0.1, -0.05) is 17.7 Å². The van der Waals surface area contributed by atoms with E-state index in [-0.39, 0.29) is 10.7 Å². The van der Waals surface area contributed by atoms with Crippen LogP contribution >= 0.6 is 12.2 Å². The summed E-state index contributed by atoms with van der Waals surface area (Å²) in [4.78, 5) is 27.1. The molecule has 7 nitrogen and oxygen atoms in total. The molecule has 1 heterocycles. The molecule has 8 heteroatoms. The molecule has 0 aromatic heterocycles. The molecule has 30 heavy (non-hydrogen) atoms. The predicted octanol–water partition coefficient (Wildman–Crippen LogP) is 3.16. The number of thiocarbonyl (C=S) groups is 1. The Hall–Kier alpha value is -3.39. The normalized spacial score (nSPS) is 15.3. The molecule has 2 amide bonds. The monoisotopic (exact) mass is 426 g/mol. The van der Waals surface area contributed by atoms with Gasteiger partial charge in [0, 0.05) is 0 Å².